The fourth-order valence-corrected chi connectivity index (χ4v) is 3.61. The Morgan fingerprint density at radius 1 is 1.24 bits per heavy atom. The molecular formula is C20H27F3N4O2. The second kappa shape index (κ2) is 7.93. The van der Waals surface area contributed by atoms with Crippen LogP contribution < -0.4 is 0 Å². The first-order chi connectivity index (χ1) is 13.5. The molecule has 3 heterocycles. The van der Waals surface area contributed by atoms with E-state index in [0.29, 0.717) is 31.0 Å². The maximum absolute atomic E-state index is 13.7. The number of hydrogen-bond acceptors (Lipinski definition) is 4. The van der Waals surface area contributed by atoms with E-state index in [0.717, 1.165) is 23.4 Å². The number of nitrogens with zero attached hydrogens (tertiary/aromatic N) is 4. The Morgan fingerprint density at radius 3 is 2.59 bits per heavy atom. The van der Waals surface area contributed by atoms with Crippen LogP contribution in [0.5, 0.6) is 0 Å². The van der Waals surface area contributed by atoms with E-state index >= 15 is 0 Å². The van der Waals surface area contributed by atoms with Gasteiger partial charge in [-0.2, -0.15) is 18.3 Å². The van der Waals surface area contributed by atoms with Crippen LogP contribution in [-0.2, 0) is 21.1 Å². The van der Waals surface area contributed by atoms with E-state index in [1.807, 2.05) is 20.8 Å². The summed E-state index contributed by atoms with van der Waals surface area (Å²) in [6.07, 6.45) is -1.91. The van der Waals surface area contributed by atoms with E-state index in [1.54, 1.807) is 11.0 Å². The highest BCUT2D eigenvalue weighted by Crippen LogP contribution is 2.35. The third-order valence-electron chi connectivity index (χ3n) is 5.19. The lowest BCUT2D eigenvalue weighted by Gasteiger charge is -2.34. The summed E-state index contributed by atoms with van der Waals surface area (Å²) in [5.74, 6) is -0.0759. The van der Waals surface area contributed by atoms with Crippen molar-refractivity contribution < 1.29 is 22.7 Å². The molecule has 1 fully saturated rings. The Labute approximate surface area is 168 Å². The lowest BCUT2D eigenvalue weighted by molar-refractivity contribution is -0.143. The SMILES string of the molecule is COCCC(=O)N1CCCCC1c1cc2nc(C(C)(C)C)cc(C(F)(F)F)n2n1. The van der Waals surface area contributed by atoms with Crippen molar-refractivity contribution in [2.45, 2.75) is 64.1 Å². The van der Waals surface area contributed by atoms with Gasteiger partial charge in [0.05, 0.1) is 30.5 Å². The minimum atomic E-state index is -4.56. The molecule has 1 saturated heterocycles. The highest BCUT2D eigenvalue weighted by Gasteiger charge is 2.37. The number of piperidine rings is 1. The van der Waals surface area contributed by atoms with E-state index in [2.05, 4.69) is 10.1 Å². The van der Waals surface area contributed by atoms with Gasteiger partial charge in [-0.05, 0) is 25.3 Å². The number of alkyl halides is 3. The molecule has 29 heavy (non-hydrogen) atoms. The van der Waals surface area contributed by atoms with Crippen molar-refractivity contribution >= 4 is 11.6 Å². The number of likely N-dealkylation sites (tertiary alicyclic amines) is 1. The molecule has 6 nitrogen and oxygen atoms in total. The monoisotopic (exact) mass is 412 g/mol. The van der Waals surface area contributed by atoms with Gasteiger partial charge in [-0.3, -0.25) is 4.79 Å². The van der Waals surface area contributed by atoms with Crippen LogP contribution in [0.3, 0.4) is 0 Å². The van der Waals surface area contributed by atoms with Crippen molar-refractivity contribution in [2.24, 2.45) is 0 Å². The topological polar surface area (TPSA) is 59.7 Å². The molecule has 3 rings (SSSR count). The molecule has 0 aliphatic carbocycles. The van der Waals surface area contributed by atoms with Gasteiger partial charge in [0, 0.05) is 25.1 Å². The number of carbonyl (C=O) groups excluding carboxylic acids is 1. The summed E-state index contributed by atoms with van der Waals surface area (Å²) in [5.41, 5.74) is -0.458. The average molecular weight is 412 g/mol. The smallest absolute Gasteiger partial charge is 0.384 e. The maximum Gasteiger partial charge on any atom is 0.433 e. The third-order valence-corrected chi connectivity index (χ3v) is 5.19. The van der Waals surface area contributed by atoms with E-state index in [4.69, 9.17) is 4.74 Å². The predicted molar refractivity (Wildman–Crippen MR) is 101 cm³/mol. The van der Waals surface area contributed by atoms with Gasteiger partial charge in [-0.15, -0.1) is 0 Å². The molecule has 9 heteroatoms. The van der Waals surface area contributed by atoms with Crippen LogP contribution in [0.15, 0.2) is 12.1 Å². The first kappa shape index (κ1) is 21.5. The molecule has 1 atom stereocenters. The van der Waals surface area contributed by atoms with Crippen molar-refractivity contribution in [3.63, 3.8) is 0 Å². The average Bonchev–Trinajstić information content (AvgIpc) is 3.07. The molecule has 0 radical (unpaired) electrons. The molecule has 2 aromatic rings. The number of hydrogen-bond donors (Lipinski definition) is 0. The van der Waals surface area contributed by atoms with Crippen LogP contribution >= 0.6 is 0 Å². The molecule has 1 aliphatic rings. The minimum absolute atomic E-state index is 0.0759. The summed E-state index contributed by atoms with van der Waals surface area (Å²) >= 11 is 0. The zero-order chi connectivity index (χ0) is 21.4. The summed E-state index contributed by atoms with van der Waals surface area (Å²) in [6, 6.07) is 2.29. The fraction of sp³-hybridized carbons (Fsp3) is 0.650. The number of halogens is 3. The van der Waals surface area contributed by atoms with Gasteiger partial charge in [0.15, 0.2) is 5.65 Å². The largest absolute Gasteiger partial charge is 0.433 e. The normalized spacial score (nSPS) is 18.4. The number of rotatable bonds is 4. The van der Waals surface area contributed by atoms with Gasteiger partial charge in [0.1, 0.15) is 5.69 Å². The Balaban J connectivity index is 2.06. The van der Waals surface area contributed by atoms with Gasteiger partial charge >= 0.3 is 6.18 Å². The lowest BCUT2D eigenvalue weighted by atomic mass is 9.91. The van der Waals surface area contributed by atoms with Crippen LogP contribution in [0.25, 0.3) is 5.65 Å². The van der Waals surface area contributed by atoms with Crippen LogP contribution in [0.1, 0.15) is 69.6 Å². The molecule has 1 aliphatic heterocycles. The van der Waals surface area contributed by atoms with Gasteiger partial charge in [-0.1, -0.05) is 20.8 Å². The van der Waals surface area contributed by atoms with Crippen molar-refractivity contribution in [1.29, 1.82) is 0 Å². The minimum Gasteiger partial charge on any atom is -0.384 e. The van der Waals surface area contributed by atoms with E-state index in [9.17, 15) is 18.0 Å². The number of fused-ring (bicyclic) bond motifs is 1. The van der Waals surface area contributed by atoms with Gasteiger partial charge in [0.25, 0.3) is 0 Å². The quantitative estimate of drug-likeness (QED) is 0.758. The van der Waals surface area contributed by atoms with E-state index < -0.39 is 17.3 Å². The number of aromatic nitrogens is 3. The zero-order valence-corrected chi connectivity index (χ0v) is 17.2. The molecule has 0 aromatic carbocycles. The second-order valence-corrected chi connectivity index (χ2v) is 8.46. The molecule has 0 bridgehead atoms. The summed E-state index contributed by atoms with van der Waals surface area (Å²) in [7, 11) is 1.53. The Bertz CT molecular complexity index is 886. The fourth-order valence-electron chi connectivity index (χ4n) is 3.61. The van der Waals surface area contributed by atoms with Crippen molar-refractivity contribution in [1.82, 2.24) is 19.5 Å². The summed E-state index contributed by atoms with van der Waals surface area (Å²) in [5, 5.41) is 4.25. The predicted octanol–water partition coefficient (Wildman–Crippen LogP) is 4.14. The van der Waals surface area contributed by atoms with Crippen LogP contribution in [-0.4, -0.2) is 45.7 Å². The number of methoxy groups -OCH3 is 1. The number of amides is 1. The summed E-state index contributed by atoms with van der Waals surface area (Å²) in [6.45, 7) is 6.33. The van der Waals surface area contributed by atoms with Crippen LogP contribution in [0.4, 0.5) is 13.2 Å². The van der Waals surface area contributed by atoms with Crippen LogP contribution in [0, 0.1) is 0 Å². The van der Waals surface area contributed by atoms with Gasteiger partial charge in [0.2, 0.25) is 5.91 Å². The molecule has 0 saturated carbocycles. The summed E-state index contributed by atoms with van der Waals surface area (Å²) in [4.78, 5) is 18.7. The highest BCUT2D eigenvalue weighted by atomic mass is 19.4. The number of ether oxygens (including phenoxy) is 1. The first-order valence-electron chi connectivity index (χ1n) is 9.79. The Morgan fingerprint density at radius 2 is 1.97 bits per heavy atom. The molecule has 2 aromatic heterocycles. The Kier molecular flexibility index (Phi) is 5.89. The third kappa shape index (κ3) is 4.55. The lowest BCUT2D eigenvalue weighted by Crippen LogP contribution is -2.39. The first-order valence-corrected chi connectivity index (χ1v) is 9.79. The van der Waals surface area contributed by atoms with Gasteiger partial charge in [-0.25, -0.2) is 9.50 Å². The molecular weight excluding hydrogens is 385 g/mol. The van der Waals surface area contributed by atoms with Gasteiger partial charge < -0.3 is 9.64 Å². The van der Waals surface area contributed by atoms with Crippen LogP contribution in [0.2, 0.25) is 0 Å². The van der Waals surface area contributed by atoms with E-state index in [-0.39, 0.29) is 24.0 Å². The standard InChI is InChI=1S/C20H27F3N4O2/c1-19(2,3)15-12-16(20(21,22)23)27-17(24-15)11-13(25-27)14-7-5-6-9-26(14)18(28)8-10-29-4/h11-12,14H,5-10H2,1-4H3. The molecule has 160 valence electrons. The second-order valence-electron chi connectivity index (χ2n) is 8.46. The highest BCUT2D eigenvalue weighted by molar-refractivity contribution is 5.77. The zero-order valence-electron chi connectivity index (χ0n) is 17.2. The van der Waals surface area contributed by atoms with E-state index in [1.165, 1.54) is 7.11 Å². The Hall–Kier alpha value is -2.16. The molecule has 1 amide bonds. The van der Waals surface area contributed by atoms with Crippen molar-refractivity contribution in [3.05, 3.63) is 29.2 Å². The maximum atomic E-state index is 13.7. The van der Waals surface area contributed by atoms with Crippen molar-refractivity contribution in [2.75, 3.05) is 20.3 Å². The number of carbonyl (C=O) groups is 1. The molecule has 1 unspecified atom stereocenters. The van der Waals surface area contributed by atoms with Crippen molar-refractivity contribution in [3.8, 4) is 0 Å². The molecule has 0 N–H and O–H groups in total. The molecule has 0 spiro atoms. The summed E-state index contributed by atoms with van der Waals surface area (Å²) < 4.78 is 47.0.